The molecule has 5 heteroatoms. The van der Waals surface area contributed by atoms with Crippen LogP contribution in [0.15, 0.2) is 24.3 Å². The summed E-state index contributed by atoms with van der Waals surface area (Å²) in [4.78, 5) is 13.7. The molecule has 1 aromatic carbocycles. The monoisotopic (exact) mass is 256 g/mol. The van der Waals surface area contributed by atoms with Crippen LogP contribution in [0.3, 0.4) is 0 Å². The van der Waals surface area contributed by atoms with E-state index in [1.54, 1.807) is 4.90 Å². The van der Waals surface area contributed by atoms with Crippen LogP contribution in [0.4, 0.5) is 5.69 Å². The molecule has 1 heterocycles. The van der Waals surface area contributed by atoms with Gasteiger partial charge in [-0.15, -0.1) is 12.4 Å². The third-order valence-electron chi connectivity index (χ3n) is 2.75. The molecule has 0 aliphatic carbocycles. The SMILES string of the molecule is Cl.O=C(CNCCO)N1CCc2ccccc21. The zero-order valence-electron chi connectivity index (χ0n) is 9.56. The predicted molar refractivity (Wildman–Crippen MR) is 69.7 cm³/mol. The highest BCUT2D eigenvalue weighted by molar-refractivity contribution is 5.96. The Morgan fingerprint density at radius 1 is 1.41 bits per heavy atom. The summed E-state index contributed by atoms with van der Waals surface area (Å²) in [7, 11) is 0. The number of aliphatic hydroxyl groups excluding tert-OH is 1. The summed E-state index contributed by atoms with van der Waals surface area (Å²) in [6, 6.07) is 7.98. The molecule has 2 rings (SSSR count). The van der Waals surface area contributed by atoms with Gasteiger partial charge in [0.2, 0.25) is 5.91 Å². The van der Waals surface area contributed by atoms with Gasteiger partial charge in [-0.25, -0.2) is 0 Å². The molecule has 94 valence electrons. The Kier molecular flexibility index (Phi) is 5.41. The van der Waals surface area contributed by atoms with Crippen molar-refractivity contribution in [3.05, 3.63) is 29.8 Å². The fourth-order valence-electron chi connectivity index (χ4n) is 1.97. The van der Waals surface area contributed by atoms with Crippen molar-refractivity contribution in [3.63, 3.8) is 0 Å². The number of halogens is 1. The number of aliphatic hydroxyl groups is 1. The number of carbonyl (C=O) groups excluding carboxylic acids is 1. The molecule has 0 atom stereocenters. The van der Waals surface area contributed by atoms with E-state index in [1.807, 2.05) is 18.2 Å². The summed E-state index contributed by atoms with van der Waals surface area (Å²) in [6.07, 6.45) is 0.932. The molecule has 0 saturated heterocycles. The van der Waals surface area contributed by atoms with Gasteiger partial charge >= 0.3 is 0 Å². The topological polar surface area (TPSA) is 52.6 Å². The summed E-state index contributed by atoms with van der Waals surface area (Å²) in [5, 5.41) is 11.5. The van der Waals surface area contributed by atoms with Crippen molar-refractivity contribution in [2.75, 3.05) is 31.1 Å². The van der Waals surface area contributed by atoms with E-state index in [0.29, 0.717) is 6.54 Å². The Morgan fingerprint density at radius 3 is 2.94 bits per heavy atom. The maximum atomic E-state index is 11.9. The number of nitrogens with zero attached hydrogens (tertiary/aromatic N) is 1. The first kappa shape index (κ1) is 14.0. The van der Waals surface area contributed by atoms with Gasteiger partial charge in [0.05, 0.1) is 13.2 Å². The van der Waals surface area contributed by atoms with Crippen LogP contribution in [0.1, 0.15) is 5.56 Å². The number of fused-ring (bicyclic) bond motifs is 1. The van der Waals surface area contributed by atoms with Crippen LogP contribution in [-0.2, 0) is 11.2 Å². The minimum Gasteiger partial charge on any atom is -0.395 e. The lowest BCUT2D eigenvalue weighted by molar-refractivity contribution is -0.117. The number of hydrogen-bond donors (Lipinski definition) is 2. The van der Waals surface area contributed by atoms with Crippen molar-refractivity contribution < 1.29 is 9.90 Å². The standard InChI is InChI=1S/C12H16N2O2.ClH/c15-8-6-13-9-12(16)14-7-5-10-3-1-2-4-11(10)14;/h1-4,13,15H,5-9H2;1H. The van der Waals surface area contributed by atoms with Gasteiger partial charge in [0.25, 0.3) is 0 Å². The number of rotatable bonds is 4. The largest absolute Gasteiger partial charge is 0.395 e. The van der Waals surface area contributed by atoms with Crippen molar-refractivity contribution >= 4 is 24.0 Å². The Morgan fingerprint density at radius 2 is 2.18 bits per heavy atom. The molecule has 2 N–H and O–H groups in total. The second-order valence-electron chi connectivity index (χ2n) is 3.82. The molecule has 1 amide bonds. The summed E-state index contributed by atoms with van der Waals surface area (Å²) in [5.41, 5.74) is 2.26. The third kappa shape index (κ3) is 3.19. The van der Waals surface area contributed by atoms with Crippen LogP contribution in [-0.4, -0.2) is 37.3 Å². The van der Waals surface area contributed by atoms with Gasteiger partial charge in [-0.1, -0.05) is 18.2 Å². The fraction of sp³-hybridized carbons (Fsp3) is 0.417. The molecule has 4 nitrogen and oxygen atoms in total. The van der Waals surface area contributed by atoms with Gasteiger partial charge in [0.15, 0.2) is 0 Å². The molecule has 0 unspecified atom stereocenters. The van der Waals surface area contributed by atoms with Crippen molar-refractivity contribution in [2.45, 2.75) is 6.42 Å². The lowest BCUT2D eigenvalue weighted by Crippen LogP contribution is -2.37. The molecular weight excluding hydrogens is 240 g/mol. The second-order valence-corrected chi connectivity index (χ2v) is 3.82. The van der Waals surface area contributed by atoms with Crippen molar-refractivity contribution in [1.82, 2.24) is 5.32 Å². The van der Waals surface area contributed by atoms with Crippen LogP contribution >= 0.6 is 12.4 Å². The van der Waals surface area contributed by atoms with E-state index in [4.69, 9.17) is 5.11 Å². The molecule has 1 aliphatic rings. The third-order valence-corrected chi connectivity index (χ3v) is 2.75. The molecule has 1 aromatic rings. The van der Waals surface area contributed by atoms with Gasteiger partial charge < -0.3 is 15.3 Å². The van der Waals surface area contributed by atoms with Gasteiger partial charge in [-0.2, -0.15) is 0 Å². The van der Waals surface area contributed by atoms with Crippen molar-refractivity contribution in [1.29, 1.82) is 0 Å². The van der Waals surface area contributed by atoms with Crippen LogP contribution in [0.2, 0.25) is 0 Å². The molecule has 0 spiro atoms. The number of para-hydroxylation sites is 1. The average Bonchev–Trinajstić information content (AvgIpc) is 2.73. The molecular formula is C12H17ClN2O2. The van der Waals surface area contributed by atoms with Crippen molar-refractivity contribution in [3.8, 4) is 0 Å². The Labute approximate surface area is 107 Å². The number of carbonyl (C=O) groups is 1. The van der Waals surface area contributed by atoms with Gasteiger partial charge in [0, 0.05) is 18.8 Å². The second kappa shape index (κ2) is 6.59. The van der Waals surface area contributed by atoms with Crippen LogP contribution in [0, 0.1) is 0 Å². The quantitative estimate of drug-likeness (QED) is 0.775. The van der Waals surface area contributed by atoms with E-state index < -0.39 is 0 Å². The first-order chi connectivity index (χ1) is 7.83. The molecule has 0 radical (unpaired) electrons. The number of nitrogens with one attached hydrogen (secondary N) is 1. The minimum atomic E-state index is 0. The number of hydrogen-bond acceptors (Lipinski definition) is 3. The van der Waals surface area contributed by atoms with Crippen LogP contribution in [0.25, 0.3) is 0 Å². The molecule has 0 fully saturated rings. The van der Waals surface area contributed by atoms with E-state index in [9.17, 15) is 4.79 Å². The maximum absolute atomic E-state index is 11.9. The van der Waals surface area contributed by atoms with Gasteiger partial charge in [-0.3, -0.25) is 4.79 Å². The van der Waals surface area contributed by atoms with E-state index >= 15 is 0 Å². The Hall–Kier alpha value is -1.10. The number of amides is 1. The highest BCUT2D eigenvalue weighted by Crippen LogP contribution is 2.27. The molecule has 0 aromatic heterocycles. The highest BCUT2D eigenvalue weighted by Gasteiger charge is 2.23. The first-order valence-corrected chi connectivity index (χ1v) is 5.53. The average molecular weight is 257 g/mol. The Bertz CT molecular complexity index is 385. The Balaban J connectivity index is 0.00000144. The minimum absolute atomic E-state index is 0. The maximum Gasteiger partial charge on any atom is 0.240 e. The van der Waals surface area contributed by atoms with Crippen LogP contribution < -0.4 is 10.2 Å². The summed E-state index contributed by atoms with van der Waals surface area (Å²) >= 11 is 0. The zero-order chi connectivity index (χ0) is 11.4. The van der Waals surface area contributed by atoms with Crippen molar-refractivity contribution in [2.24, 2.45) is 0 Å². The fourth-order valence-corrected chi connectivity index (χ4v) is 1.97. The zero-order valence-corrected chi connectivity index (χ0v) is 10.4. The number of anilines is 1. The lowest BCUT2D eigenvalue weighted by atomic mass is 10.2. The predicted octanol–water partition coefficient (Wildman–Crippen LogP) is 0.579. The molecule has 17 heavy (non-hydrogen) atoms. The lowest BCUT2D eigenvalue weighted by Gasteiger charge is -2.17. The van der Waals surface area contributed by atoms with Gasteiger partial charge in [0.1, 0.15) is 0 Å². The number of benzene rings is 1. The van der Waals surface area contributed by atoms with Crippen LogP contribution in [0.5, 0.6) is 0 Å². The molecule has 0 saturated carbocycles. The summed E-state index contributed by atoms with van der Waals surface area (Å²) in [5.74, 6) is 0.0680. The first-order valence-electron chi connectivity index (χ1n) is 5.53. The normalized spacial score (nSPS) is 13.1. The molecule has 1 aliphatic heterocycles. The summed E-state index contributed by atoms with van der Waals surface area (Å²) in [6.45, 7) is 1.57. The van der Waals surface area contributed by atoms with Gasteiger partial charge in [-0.05, 0) is 18.1 Å². The smallest absolute Gasteiger partial charge is 0.240 e. The van der Waals surface area contributed by atoms with E-state index in [1.165, 1.54) is 5.56 Å². The molecule has 0 bridgehead atoms. The van der Waals surface area contributed by atoms with E-state index in [0.717, 1.165) is 18.7 Å². The van der Waals surface area contributed by atoms with E-state index in [2.05, 4.69) is 11.4 Å². The van der Waals surface area contributed by atoms with E-state index in [-0.39, 0.29) is 31.5 Å². The highest BCUT2D eigenvalue weighted by atomic mass is 35.5. The summed E-state index contributed by atoms with van der Waals surface area (Å²) < 4.78 is 0.